The number of nitrogen functional groups attached to an aromatic ring is 1. The highest BCUT2D eigenvalue weighted by Gasteiger charge is 2.14. The zero-order valence-corrected chi connectivity index (χ0v) is 16.5. The molecule has 3 N–H and O–H groups in total. The molecule has 6 heteroatoms. The van der Waals surface area contributed by atoms with Crippen molar-refractivity contribution in [3.63, 3.8) is 0 Å². The predicted octanol–water partition coefficient (Wildman–Crippen LogP) is 5.27. The van der Waals surface area contributed by atoms with E-state index in [1.165, 1.54) is 11.8 Å². The fraction of sp³-hybridized carbons (Fsp3) is 0.182. The van der Waals surface area contributed by atoms with Gasteiger partial charge in [0.05, 0.1) is 5.02 Å². The van der Waals surface area contributed by atoms with Crippen molar-refractivity contribution < 1.29 is 9.53 Å². The molecular weight excluding hydrogens is 374 g/mol. The molecule has 0 bridgehead atoms. The maximum absolute atomic E-state index is 12.6. The minimum Gasteiger partial charge on any atom is -0.482 e. The Hall–Kier alpha value is -3.05. The number of carbonyl (C=O) groups is 1. The van der Waals surface area contributed by atoms with Crippen molar-refractivity contribution in [2.45, 2.75) is 26.4 Å². The van der Waals surface area contributed by atoms with Crippen LogP contribution in [0.25, 0.3) is 0 Å². The third kappa shape index (κ3) is 4.81. The van der Waals surface area contributed by atoms with Crippen LogP contribution < -0.4 is 15.8 Å². The Morgan fingerprint density at radius 3 is 2.79 bits per heavy atom. The summed E-state index contributed by atoms with van der Waals surface area (Å²) in [5, 5.41) is 3.38. The molecule has 0 radical (unpaired) electrons. The van der Waals surface area contributed by atoms with Crippen LogP contribution in [0.15, 0.2) is 60.8 Å². The lowest BCUT2D eigenvalue weighted by molar-refractivity contribution is 0.102. The first-order chi connectivity index (χ1) is 13.5. The maximum atomic E-state index is 12.6. The smallest absolute Gasteiger partial charge is 0.255 e. The molecule has 0 saturated carbocycles. The van der Waals surface area contributed by atoms with Gasteiger partial charge in [0.25, 0.3) is 5.91 Å². The minimum absolute atomic E-state index is 0.175. The summed E-state index contributed by atoms with van der Waals surface area (Å²) in [7, 11) is 0. The highest BCUT2D eigenvalue weighted by molar-refractivity contribution is 6.30. The zero-order valence-electron chi connectivity index (χ0n) is 15.8. The number of carbonyl (C=O) groups excluding carboxylic acids is 1. The Labute approximate surface area is 169 Å². The van der Waals surface area contributed by atoms with E-state index >= 15 is 0 Å². The van der Waals surface area contributed by atoms with Gasteiger partial charge in [-0.3, -0.25) is 4.79 Å². The first-order valence-electron chi connectivity index (χ1n) is 9.04. The number of nitrogens with one attached hydrogen (secondary N) is 1. The largest absolute Gasteiger partial charge is 0.482 e. The number of halogens is 1. The van der Waals surface area contributed by atoms with Gasteiger partial charge >= 0.3 is 0 Å². The second-order valence-corrected chi connectivity index (χ2v) is 6.87. The highest BCUT2D eigenvalue weighted by atomic mass is 35.5. The number of hydrogen-bond acceptors (Lipinski definition) is 4. The van der Waals surface area contributed by atoms with Gasteiger partial charge in [0, 0.05) is 23.5 Å². The maximum Gasteiger partial charge on any atom is 0.255 e. The van der Waals surface area contributed by atoms with E-state index in [1.807, 2.05) is 43.3 Å². The van der Waals surface area contributed by atoms with E-state index in [9.17, 15) is 4.79 Å². The molecule has 28 heavy (non-hydrogen) atoms. The molecule has 5 nitrogen and oxygen atoms in total. The van der Waals surface area contributed by atoms with Gasteiger partial charge in [-0.15, -0.1) is 0 Å². The summed E-state index contributed by atoms with van der Waals surface area (Å²) in [6, 6.07) is 16.7. The summed E-state index contributed by atoms with van der Waals surface area (Å²) in [5.41, 5.74) is 9.18. The lowest BCUT2D eigenvalue weighted by Gasteiger charge is -2.17. The molecule has 3 rings (SSSR count). The van der Waals surface area contributed by atoms with Crippen molar-refractivity contribution in [3.05, 3.63) is 82.5 Å². The fourth-order valence-corrected chi connectivity index (χ4v) is 2.94. The Kier molecular flexibility index (Phi) is 6.16. The summed E-state index contributed by atoms with van der Waals surface area (Å²) in [5.74, 6) is 0.499. The SMILES string of the molecule is CCc1cccc(NC(=O)c2cccc(C(C)Oc3cc(Cl)cnc3N)c2)c1. The Morgan fingerprint density at radius 1 is 1.21 bits per heavy atom. The number of benzene rings is 2. The van der Waals surface area contributed by atoms with Crippen LogP contribution in [-0.2, 0) is 6.42 Å². The first-order valence-corrected chi connectivity index (χ1v) is 9.42. The third-order valence-corrected chi connectivity index (χ3v) is 4.57. The number of rotatable bonds is 6. The molecule has 144 valence electrons. The highest BCUT2D eigenvalue weighted by Crippen LogP contribution is 2.28. The summed E-state index contributed by atoms with van der Waals surface area (Å²) < 4.78 is 5.89. The number of aromatic nitrogens is 1. The van der Waals surface area contributed by atoms with Crippen LogP contribution in [0.1, 0.15) is 41.4 Å². The predicted molar refractivity (Wildman–Crippen MR) is 113 cm³/mol. The van der Waals surface area contributed by atoms with Gasteiger partial charge in [0.15, 0.2) is 11.6 Å². The van der Waals surface area contributed by atoms with E-state index in [0.717, 1.165) is 17.7 Å². The summed E-state index contributed by atoms with van der Waals surface area (Å²) in [4.78, 5) is 16.6. The standard InChI is InChI=1S/C22H22ClN3O2/c1-3-15-6-4-9-19(10-15)26-22(27)17-8-5-7-16(11-17)14(2)28-20-12-18(23)13-25-21(20)24/h4-14H,3H2,1-2H3,(H2,24,25)(H,26,27). The molecule has 3 aromatic rings. The molecule has 1 atom stereocenters. The first kappa shape index (κ1) is 19.7. The number of nitrogens with two attached hydrogens (primary N) is 1. The van der Waals surface area contributed by atoms with E-state index in [2.05, 4.69) is 17.2 Å². The van der Waals surface area contributed by atoms with Crippen LogP contribution >= 0.6 is 11.6 Å². The van der Waals surface area contributed by atoms with Crippen molar-refractivity contribution in [2.24, 2.45) is 0 Å². The minimum atomic E-state index is -0.335. The van der Waals surface area contributed by atoms with Gasteiger partial charge in [-0.05, 0) is 48.7 Å². The van der Waals surface area contributed by atoms with Crippen LogP contribution in [0.3, 0.4) is 0 Å². The molecule has 0 aliphatic carbocycles. The Balaban J connectivity index is 1.75. The quantitative estimate of drug-likeness (QED) is 0.595. The van der Waals surface area contributed by atoms with Gasteiger partial charge < -0.3 is 15.8 Å². The number of amides is 1. The third-order valence-electron chi connectivity index (χ3n) is 4.36. The van der Waals surface area contributed by atoms with E-state index in [1.54, 1.807) is 18.2 Å². The average molecular weight is 396 g/mol. The summed E-state index contributed by atoms with van der Waals surface area (Å²) in [6.45, 7) is 3.95. The molecule has 1 heterocycles. The van der Waals surface area contributed by atoms with Gasteiger partial charge in [-0.2, -0.15) is 0 Å². The molecule has 1 unspecified atom stereocenters. The molecule has 1 aromatic heterocycles. The van der Waals surface area contributed by atoms with E-state index < -0.39 is 0 Å². The van der Waals surface area contributed by atoms with Gasteiger partial charge in [0.2, 0.25) is 0 Å². The van der Waals surface area contributed by atoms with E-state index in [4.69, 9.17) is 22.1 Å². The van der Waals surface area contributed by atoms with Crippen LogP contribution in [0.5, 0.6) is 5.75 Å². The second-order valence-electron chi connectivity index (χ2n) is 6.43. The molecule has 1 amide bonds. The lowest BCUT2D eigenvalue weighted by atomic mass is 10.1. The van der Waals surface area contributed by atoms with Crippen molar-refractivity contribution in [3.8, 4) is 5.75 Å². The molecule has 0 saturated heterocycles. The number of pyridine rings is 1. The van der Waals surface area contributed by atoms with E-state index in [-0.39, 0.29) is 17.8 Å². The van der Waals surface area contributed by atoms with Crippen LogP contribution in [0.2, 0.25) is 5.02 Å². The van der Waals surface area contributed by atoms with Crippen molar-refractivity contribution in [2.75, 3.05) is 11.1 Å². The number of anilines is 2. The number of ether oxygens (including phenoxy) is 1. The van der Waals surface area contributed by atoms with Gasteiger partial charge in [-0.25, -0.2) is 4.98 Å². The number of aryl methyl sites for hydroxylation is 1. The van der Waals surface area contributed by atoms with Crippen LogP contribution in [-0.4, -0.2) is 10.9 Å². The Bertz CT molecular complexity index is 991. The topological polar surface area (TPSA) is 77.2 Å². The molecule has 0 spiro atoms. The zero-order chi connectivity index (χ0) is 20.1. The normalized spacial score (nSPS) is 11.7. The number of hydrogen-bond donors (Lipinski definition) is 2. The molecule has 0 fully saturated rings. The molecule has 0 aliphatic rings. The van der Waals surface area contributed by atoms with Gasteiger partial charge in [-0.1, -0.05) is 42.8 Å². The van der Waals surface area contributed by atoms with Crippen molar-refractivity contribution >= 4 is 29.0 Å². The number of nitrogens with zero attached hydrogens (tertiary/aromatic N) is 1. The average Bonchev–Trinajstić information content (AvgIpc) is 2.71. The van der Waals surface area contributed by atoms with Crippen LogP contribution in [0.4, 0.5) is 11.5 Å². The molecule has 0 aliphatic heterocycles. The Morgan fingerprint density at radius 2 is 2.00 bits per heavy atom. The fourth-order valence-electron chi connectivity index (χ4n) is 2.79. The lowest BCUT2D eigenvalue weighted by Crippen LogP contribution is -2.13. The second kappa shape index (κ2) is 8.76. The summed E-state index contributed by atoms with van der Waals surface area (Å²) >= 11 is 5.96. The van der Waals surface area contributed by atoms with Gasteiger partial charge in [0.1, 0.15) is 6.10 Å². The molecular formula is C22H22ClN3O2. The monoisotopic (exact) mass is 395 g/mol. The van der Waals surface area contributed by atoms with Crippen molar-refractivity contribution in [1.82, 2.24) is 4.98 Å². The van der Waals surface area contributed by atoms with Crippen LogP contribution in [0, 0.1) is 0 Å². The summed E-state index contributed by atoms with van der Waals surface area (Å²) in [6.07, 6.45) is 2.04. The van der Waals surface area contributed by atoms with Crippen molar-refractivity contribution in [1.29, 1.82) is 0 Å². The van der Waals surface area contributed by atoms with E-state index in [0.29, 0.717) is 16.3 Å². The molecule has 2 aromatic carbocycles.